The van der Waals surface area contributed by atoms with Crippen LogP contribution in [0.4, 0.5) is 0 Å². The summed E-state index contributed by atoms with van der Waals surface area (Å²) in [6.45, 7) is 3.29. The van der Waals surface area contributed by atoms with Crippen molar-refractivity contribution in [1.82, 2.24) is 0 Å². The molecule has 0 saturated carbocycles. The number of carbonyl (C=O) groups is 1. The lowest BCUT2D eigenvalue weighted by atomic mass is 10.2. The lowest BCUT2D eigenvalue weighted by Crippen LogP contribution is -2.29. The van der Waals surface area contributed by atoms with E-state index in [1.807, 2.05) is 0 Å². The van der Waals surface area contributed by atoms with Gasteiger partial charge in [-0.2, -0.15) is 0 Å². The third-order valence-corrected chi connectivity index (χ3v) is 3.21. The molecule has 3 nitrogen and oxygen atoms in total. The maximum Gasteiger partial charge on any atom is 0.330 e. The zero-order chi connectivity index (χ0) is 8.97. The Labute approximate surface area is 74.2 Å². The van der Waals surface area contributed by atoms with Gasteiger partial charge in [-0.15, -0.1) is 0 Å². The number of hydrogen-bond acceptors (Lipinski definition) is 3. The van der Waals surface area contributed by atoms with Gasteiger partial charge in [0.1, 0.15) is 6.10 Å². The van der Waals surface area contributed by atoms with Crippen molar-refractivity contribution in [1.29, 1.82) is 0 Å². The molecule has 68 valence electrons. The first-order valence-corrected chi connectivity index (χ1v) is 5.39. The van der Waals surface area contributed by atoms with Crippen LogP contribution in [0.1, 0.15) is 12.8 Å². The van der Waals surface area contributed by atoms with Gasteiger partial charge in [-0.05, 0) is 12.8 Å². The highest BCUT2D eigenvalue weighted by molar-refractivity contribution is 7.85. The molecule has 1 saturated heterocycles. The monoisotopic (exact) mass is 188 g/mol. The van der Waals surface area contributed by atoms with Crippen LogP contribution < -0.4 is 0 Å². The summed E-state index contributed by atoms with van der Waals surface area (Å²) in [5.74, 6) is 0.806. The highest BCUT2D eigenvalue weighted by Gasteiger charge is 2.20. The fourth-order valence-corrected chi connectivity index (χ4v) is 2.46. The predicted octanol–water partition coefficient (Wildman–Crippen LogP) is 0.627. The Morgan fingerprint density at radius 3 is 3.00 bits per heavy atom. The summed E-state index contributed by atoms with van der Waals surface area (Å²) >= 11 is 0. The Hall–Kier alpha value is -0.640. The molecule has 1 aliphatic heterocycles. The fourth-order valence-electron chi connectivity index (χ4n) is 1.15. The Kier molecular flexibility index (Phi) is 3.47. The minimum Gasteiger partial charge on any atom is -0.458 e. The van der Waals surface area contributed by atoms with Gasteiger partial charge in [-0.25, -0.2) is 4.79 Å². The van der Waals surface area contributed by atoms with Crippen molar-refractivity contribution in [3.63, 3.8) is 0 Å². The number of rotatable bonds is 2. The van der Waals surface area contributed by atoms with Crippen molar-refractivity contribution in [2.24, 2.45) is 0 Å². The van der Waals surface area contributed by atoms with Gasteiger partial charge in [0.2, 0.25) is 0 Å². The molecule has 0 aromatic carbocycles. The van der Waals surface area contributed by atoms with Crippen LogP contribution in [0.3, 0.4) is 0 Å². The number of esters is 1. The van der Waals surface area contributed by atoms with Crippen molar-refractivity contribution in [3.05, 3.63) is 12.7 Å². The first-order chi connectivity index (χ1) is 5.72. The summed E-state index contributed by atoms with van der Waals surface area (Å²) in [6, 6.07) is 0. The topological polar surface area (TPSA) is 43.4 Å². The Morgan fingerprint density at radius 1 is 1.67 bits per heavy atom. The Morgan fingerprint density at radius 2 is 2.42 bits per heavy atom. The Balaban J connectivity index is 2.36. The highest BCUT2D eigenvalue weighted by atomic mass is 32.2. The van der Waals surface area contributed by atoms with Crippen LogP contribution >= 0.6 is 0 Å². The lowest BCUT2D eigenvalue weighted by Gasteiger charge is -2.20. The molecule has 1 aliphatic rings. The smallest absolute Gasteiger partial charge is 0.330 e. The lowest BCUT2D eigenvalue weighted by molar-refractivity contribution is -0.142. The summed E-state index contributed by atoms with van der Waals surface area (Å²) in [5.41, 5.74) is 0. The summed E-state index contributed by atoms with van der Waals surface area (Å²) in [4.78, 5) is 10.7. The van der Waals surface area contributed by atoms with E-state index in [9.17, 15) is 9.00 Å². The van der Waals surface area contributed by atoms with Gasteiger partial charge in [0.15, 0.2) is 0 Å². The standard InChI is InChI=1S/C8H12O3S/c1-2-8(9)11-7-4-3-5-12(10)6-7/h2,7H,1,3-6H2. The Bertz CT molecular complexity index is 212. The molecule has 1 rings (SSSR count). The predicted molar refractivity (Wildman–Crippen MR) is 47.2 cm³/mol. The third-order valence-electron chi connectivity index (χ3n) is 1.72. The van der Waals surface area contributed by atoms with Gasteiger partial charge in [-0.3, -0.25) is 4.21 Å². The molecule has 2 atom stereocenters. The summed E-state index contributed by atoms with van der Waals surface area (Å²) < 4.78 is 16.0. The maximum atomic E-state index is 11.0. The van der Waals surface area contributed by atoms with Crippen LogP contribution in [-0.2, 0) is 20.3 Å². The fraction of sp³-hybridized carbons (Fsp3) is 0.625. The molecule has 0 spiro atoms. The second-order valence-electron chi connectivity index (χ2n) is 2.72. The number of carbonyl (C=O) groups excluding carboxylic acids is 1. The van der Waals surface area contributed by atoms with Crippen molar-refractivity contribution >= 4 is 16.8 Å². The number of hydrogen-bond donors (Lipinski definition) is 0. The van der Waals surface area contributed by atoms with Gasteiger partial charge < -0.3 is 4.74 Å². The summed E-state index contributed by atoms with van der Waals surface area (Å²) in [6.07, 6.45) is 2.68. The SMILES string of the molecule is C=CC(=O)OC1CCCS(=O)C1. The van der Waals surface area contributed by atoms with E-state index in [0.29, 0.717) is 5.75 Å². The zero-order valence-corrected chi connectivity index (χ0v) is 7.64. The maximum absolute atomic E-state index is 11.0. The molecule has 1 heterocycles. The number of ether oxygens (including phenoxy) is 1. The van der Waals surface area contributed by atoms with Gasteiger partial charge in [0.05, 0.1) is 5.75 Å². The summed E-state index contributed by atoms with van der Waals surface area (Å²) in [5, 5.41) is 0. The van der Waals surface area contributed by atoms with E-state index in [2.05, 4.69) is 6.58 Å². The van der Waals surface area contributed by atoms with Crippen LogP contribution in [0.25, 0.3) is 0 Å². The average molecular weight is 188 g/mol. The van der Waals surface area contributed by atoms with Crippen LogP contribution in [-0.4, -0.2) is 27.8 Å². The molecule has 0 N–H and O–H groups in total. The molecule has 0 amide bonds. The quantitative estimate of drug-likeness (QED) is 0.471. The van der Waals surface area contributed by atoms with Gasteiger partial charge in [-0.1, -0.05) is 6.58 Å². The van der Waals surface area contributed by atoms with Gasteiger partial charge >= 0.3 is 5.97 Å². The third kappa shape index (κ3) is 2.77. The normalized spacial score (nSPS) is 29.3. The van der Waals surface area contributed by atoms with E-state index in [-0.39, 0.29) is 6.10 Å². The average Bonchev–Trinajstić information content (AvgIpc) is 2.04. The molecule has 0 bridgehead atoms. The first-order valence-electron chi connectivity index (χ1n) is 3.90. The molecule has 0 aliphatic carbocycles. The molecule has 12 heavy (non-hydrogen) atoms. The minimum absolute atomic E-state index is 0.162. The zero-order valence-electron chi connectivity index (χ0n) is 6.82. The molecule has 2 unspecified atom stereocenters. The molecule has 1 fully saturated rings. The minimum atomic E-state index is -0.800. The molecular weight excluding hydrogens is 176 g/mol. The van der Waals surface area contributed by atoms with Crippen LogP contribution in [0.5, 0.6) is 0 Å². The van der Waals surface area contributed by atoms with Crippen molar-refractivity contribution in [2.75, 3.05) is 11.5 Å². The largest absolute Gasteiger partial charge is 0.458 e. The first kappa shape index (κ1) is 9.45. The molecule has 0 aromatic heterocycles. The van der Waals surface area contributed by atoms with E-state index < -0.39 is 16.8 Å². The van der Waals surface area contributed by atoms with E-state index >= 15 is 0 Å². The van der Waals surface area contributed by atoms with E-state index in [0.717, 1.165) is 24.7 Å². The van der Waals surface area contributed by atoms with Crippen molar-refractivity contribution in [2.45, 2.75) is 18.9 Å². The van der Waals surface area contributed by atoms with Gasteiger partial charge in [0.25, 0.3) is 0 Å². The van der Waals surface area contributed by atoms with Crippen LogP contribution in [0, 0.1) is 0 Å². The highest BCUT2D eigenvalue weighted by Crippen LogP contribution is 2.12. The molecule has 0 radical (unpaired) electrons. The van der Waals surface area contributed by atoms with Crippen molar-refractivity contribution in [3.8, 4) is 0 Å². The second kappa shape index (κ2) is 4.40. The van der Waals surface area contributed by atoms with E-state index in [4.69, 9.17) is 4.74 Å². The van der Waals surface area contributed by atoms with Crippen LogP contribution in [0.2, 0.25) is 0 Å². The summed E-state index contributed by atoms with van der Waals surface area (Å²) in [7, 11) is -0.800. The second-order valence-corrected chi connectivity index (χ2v) is 4.34. The van der Waals surface area contributed by atoms with E-state index in [1.165, 1.54) is 0 Å². The molecule has 4 heteroatoms. The molecule has 0 aromatic rings. The molecular formula is C8H12O3S. The van der Waals surface area contributed by atoms with E-state index in [1.54, 1.807) is 0 Å². The van der Waals surface area contributed by atoms with Gasteiger partial charge in [0, 0.05) is 22.6 Å². The van der Waals surface area contributed by atoms with Crippen molar-refractivity contribution < 1.29 is 13.7 Å². The van der Waals surface area contributed by atoms with Crippen LogP contribution in [0.15, 0.2) is 12.7 Å².